The molecule has 16 heavy (non-hydrogen) atoms. The van der Waals surface area contributed by atoms with Gasteiger partial charge in [-0.05, 0) is 26.2 Å². The van der Waals surface area contributed by atoms with Crippen molar-refractivity contribution in [2.24, 2.45) is 5.92 Å². The Morgan fingerprint density at radius 1 is 1.31 bits per heavy atom. The largest absolute Gasteiger partial charge is 0.379 e. The number of hydrogen-bond acceptors (Lipinski definition) is 3. The molecule has 1 aliphatic carbocycles. The van der Waals surface area contributed by atoms with Crippen molar-refractivity contribution in [3.8, 4) is 0 Å². The van der Waals surface area contributed by atoms with Crippen LogP contribution in [-0.2, 0) is 9.53 Å². The van der Waals surface area contributed by atoms with Crippen LogP contribution in [0.1, 0.15) is 39.5 Å². The van der Waals surface area contributed by atoms with Crippen molar-refractivity contribution >= 4 is 5.78 Å². The number of nitrogens with zero attached hydrogens (tertiary/aromatic N) is 1. The van der Waals surface area contributed by atoms with Gasteiger partial charge in [0.05, 0.1) is 18.8 Å². The maximum absolute atomic E-state index is 12.2. The van der Waals surface area contributed by atoms with E-state index in [2.05, 4.69) is 18.7 Å². The fourth-order valence-corrected chi connectivity index (χ4v) is 2.35. The number of morpholine rings is 1. The zero-order chi connectivity index (χ0) is 11.6. The van der Waals surface area contributed by atoms with Crippen molar-refractivity contribution in [2.45, 2.75) is 45.1 Å². The van der Waals surface area contributed by atoms with Gasteiger partial charge in [-0.3, -0.25) is 9.69 Å². The zero-order valence-electron chi connectivity index (χ0n) is 10.5. The van der Waals surface area contributed by atoms with E-state index in [-0.39, 0.29) is 5.54 Å². The van der Waals surface area contributed by atoms with E-state index in [9.17, 15) is 4.79 Å². The van der Waals surface area contributed by atoms with Crippen molar-refractivity contribution in [1.29, 1.82) is 0 Å². The summed E-state index contributed by atoms with van der Waals surface area (Å²) in [5, 5.41) is 0. The minimum Gasteiger partial charge on any atom is -0.379 e. The van der Waals surface area contributed by atoms with Crippen LogP contribution in [0, 0.1) is 5.92 Å². The van der Waals surface area contributed by atoms with E-state index in [4.69, 9.17) is 4.74 Å². The van der Waals surface area contributed by atoms with Gasteiger partial charge in [0.25, 0.3) is 0 Å². The molecule has 0 spiro atoms. The van der Waals surface area contributed by atoms with Gasteiger partial charge in [-0.1, -0.05) is 12.8 Å². The van der Waals surface area contributed by atoms with Crippen LogP contribution in [0.5, 0.6) is 0 Å². The predicted octanol–water partition coefficient (Wildman–Crippen LogP) is 1.86. The molecule has 0 amide bonds. The highest BCUT2D eigenvalue weighted by molar-refractivity contribution is 5.87. The van der Waals surface area contributed by atoms with E-state index in [1.807, 2.05) is 0 Å². The smallest absolute Gasteiger partial charge is 0.152 e. The third kappa shape index (κ3) is 2.83. The SMILES string of the molecule is CC(C)(C(=O)CCC1CC1)N1CCOCC1. The Labute approximate surface area is 98.1 Å². The third-order valence-electron chi connectivity index (χ3n) is 3.96. The number of ketones is 1. The summed E-state index contributed by atoms with van der Waals surface area (Å²) >= 11 is 0. The van der Waals surface area contributed by atoms with Gasteiger partial charge < -0.3 is 4.74 Å². The number of Topliss-reactive ketones (excluding diaryl/α,β-unsaturated/α-hetero) is 1. The molecule has 0 bridgehead atoms. The molecule has 2 fully saturated rings. The molecule has 1 heterocycles. The number of carbonyl (C=O) groups excluding carboxylic acids is 1. The van der Waals surface area contributed by atoms with Crippen molar-refractivity contribution in [3.63, 3.8) is 0 Å². The van der Waals surface area contributed by atoms with Gasteiger partial charge in [-0.15, -0.1) is 0 Å². The van der Waals surface area contributed by atoms with Crippen LogP contribution in [0.15, 0.2) is 0 Å². The quantitative estimate of drug-likeness (QED) is 0.715. The van der Waals surface area contributed by atoms with E-state index in [0.29, 0.717) is 5.78 Å². The second-order valence-electron chi connectivity index (χ2n) is 5.56. The van der Waals surface area contributed by atoms with Gasteiger partial charge in [-0.25, -0.2) is 0 Å². The van der Waals surface area contributed by atoms with Gasteiger partial charge in [-0.2, -0.15) is 0 Å². The van der Waals surface area contributed by atoms with Gasteiger partial charge >= 0.3 is 0 Å². The lowest BCUT2D eigenvalue weighted by molar-refractivity contribution is -0.132. The summed E-state index contributed by atoms with van der Waals surface area (Å²) in [4.78, 5) is 14.5. The minimum atomic E-state index is -0.293. The predicted molar refractivity (Wildman–Crippen MR) is 63.4 cm³/mol. The summed E-state index contributed by atoms with van der Waals surface area (Å²) in [6, 6.07) is 0. The normalized spacial score (nSPS) is 23.4. The number of rotatable bonds is 5. The lowest BCUT2D eigenvalue weighted by Gasteiger charge is -2.39. The Balaban J connectivity index is 1.84. The minimum absolute atomic E-state index is 0.293. The van der Waals surface area contributed by atoms with E-state index in [0.717, 1.165) is 45.1 Å². The van der Waals surface area contributed by atoms with Gasteiger partial charge in [0.1, 0.15) is 0 Å². The van der Waals surface area contributed by atoms with Crippen LogP contribution in [0.4, 0.5) is 0 Å². The second kappa shape index (κ2) is 4.84. The Morgan fingerprint density at radius 2 is 1.94 bits per heavy atom. The average Bonchev–Trinajstić information content (AvgIpc) is 3.11. The maximum atomic E-state index is 12.2. The van der Waals surface area contributed by atoms with Crippen LogP contribution in [0.3, 0.4) is 0 Å². The first kappa shape index (κ1) is 12.1. The van der Waals surface area contributed by atoms with Crippen LogP contribution in [0.2, 0.25) is 0 Å². The molecule has 0 aromatic heterocycles. The molecule has 0 unspecified atom stereocenters. The average molecular weight is 225 g/mol. The summed E-state index contributed by atoms with van der Waals surface area (Å²) in [6.45, 7) is 7.43. The molecule has 0 radical (unpaired) electrons. The molecular formula is C13H23NO2. The van der Waals surface area contributed by atoms with E-state index < -0.39 is 0 Å². The summed E-state index contributed by atoms with van der Waals surface area (Å²) < 4.78 is 5.33. The van der Waals surface area contributed by atoms with E-state index >= 15 is 0 Å². The molecule has 92 valence electrons. The first-order valence-electron chi connectivity index (χ1n) is 6.47. The summed E-state index contributed by atoms with van der Waals surface area (Å²) in [6.07, 6.45) is 4.54. The third-order valence-corrected chi connectivity index (χ3v) is 3.96. The lowest BCUT2D eigenvalue weighted by atomic mass is 9.92. The Kier molecular flexibility index (Phi) is 3.65. The fourth-order valence-electron chi connectivity index (χ4n) is 2.35. The van der Waals surface area contributed by atoms with Gasteiger partial charge in [0.2, 0.25) is 0 Å². The molecule has 2 aliphatic rings. The molecule has 1 saturated carbocycles. The number of ether oxygens (including phenoxy) is 1. The van der Waals surface area contributed by atoms with Gasteiger partial charge in [0, 0.05) is 19.5 Å². The molecular weight excluding hydrogens is 202 g/mol. The summed E-state index contributed by atoms with van der Waals surface area (Å²) in [5.74, 6) is 1.26. The number of hydrogen-bond donors (Lipinski definition) is 0. The molecule has 1 aliphatic heterocycles. The highest BCUT2D eigenvalue weighted by Gasteiger charge is 2.35. The first-order valence-corrected chi connectivity index (χ1v) is 6.47. The second-order valence-corrected chi connectivity index (χ2v) is 5.56. The first-order chi connectivity index (χ1) is 7.60. The van der Waals surface area contributed by atoms with Crippen molar-refractivity contribution in [3.05, 3.63) is 0 Å². The van der Waals surface area contributed by atoms with Crippen LogP contribution in [0.25, 0.3) is 0 Å². The van der Waals surface area contributed by atoms with Crippen molar-refractivity contribution < 1.29 is 9.53 Å². The molecule has 0 aromatic rings. The standard InChI is InChI=1S/C13H23NO2/c1-13(2,14-7-9-16-10-8-14)12(15)6-5-11-3-4-11/h11H,3-10H2,1-2H3. The summed E-state index contributed by atoms with van der Waals surface area (Å²) in [7, 11) is 0. The Morgan fingerprint density at radius 3 is 2.50 bits per heavy atom. The van der Waals surface area contributed by atoms with E-state index in [1.165, 1.54) is 12.8 Å². The maximum Gasteiger partial charge on any atom is 0.152 e. The Hall–Kier alpha value is -0.410. The molecule has 0 atom stereocenters. The highest BCUT2D eigenvalue weighted by Crippen LogP contribution is 2.34. The topological polar surface area (TPSA) is 29.5 Å². The number of carbonyl (C=O) groups is 1. The summed E-state index contributed by atoms with van der Waals surface area (Å²) in [5.41, 5.74) is -0.293. The molecule has 2 rings (SSSR count). The molecule has 3 heteroatoms. The monoisotopic (exact) mass is 225 g/mol. The van der Waals surface area contributed by atoms with Crippen molar-refractivity contribution in [2.75, 3.05) is 26.3 Å². The Bertz CT molecular complexity index is 253. The fraction of sp³-hybridized carbons (Fsp3) is 0.923. The van der Waals surface area contributed by atoms with Crippen LogP contribution >= 0.6 is 0 Å². The highest BCUT2D eigenvalue weighted by atomic mass is 16.5. The van der Waals surface area contributed by atoms with Crippen LogP contribution < -0.4 is 0 Å². The van der Waals surface area contributed by atoms with Gasteiger partial charge in [0.15, 0.2) is 5.78 Å². The lowest BCUT2D eigenvalue weighted by Crippen LogP contribution is -2.54. The van der Waals surface area contributed by atoms with Crippen molar-refractivity contribution in [1.82, 2.24) is 4.90 Å². The van der Waals surface area contributed by atoms with E-state index in [1.54, 1.807) is 0 Å². The molecule has 0 N–H and O–H groups in total. The molecule has 0 aromatic carbocycles. The zero-order valence-corrected chi connectivity index (χ0v) is 10.5. The molecule has 1 saturated heterocycles. The molecule has 3 nitrogen and oxygen atoms in total. The van der Waals surface area contributed by atoms with Crippen LogP contribution in [-0.4, -0.2) is 42.5 Å².